The van der Waals surface area contributed by atoms with E-state index < -0.39 is 0 Å². The maximum Gasteiger partial charge on any atom is 0.0466 e. The van der Waals surface area contributed by atoms with Crippen molar-refractivity contribution < 1.29 is 4.74 Å². The van der Waals surface area contributed by atoms with E-state index in [2.05, 4.69) is 22.8 Å². The van der Waals surface area contributed by atoms with Crippen LogP contribution in [0.1, 0.15) is 30.7 Å². The van der Waals surface area contributed by atoms with Crippen molar-refractivity contribution in [3.63, 3.8) is 0 Å². The van der Waals surface area contributed by atoms with Crippen LogP contribution in [0.2, 0.25) is 0 Å². The SMILES string of the molecule is CCOCCCC(NC)c1cccs1. The first-order chi connectivity index (χ1) is 6.88. The van der Waals surface area contributed by atoms with Gasteiger partial charge in [-0.05, 0) is 38.3 Å². The molecule has 1 aromatic rings. The molecule has 1 N–H and O–H groups in total. The third kappa shape index (κ3) is 3.78. The molecule has 0 aliphatic rings. The molecule has 3 heteroatoms. The van der Waals surface area contributed by atoms with Crippen LogP contribution in [0, 0.1) is 0 Å². The topological polar surface area (TPSA) is 21.3 Å². The molecule has 1 rings (SSSR count). The third-order valence-corrected chi connectivity index (χ3v) is 3.21. The van der Waals surface area contributed by atoms with E-state index in [4.69, 9.17) is 4.74 Å². The number of hydrogen-bond donors (Lipinski definition) is 1. The zero-order valence-electron chi connectivity index (χ0n) is 8.95. The fourth-order valence-corrected chi connectivity index (χ4v) is 2.32. The van der Waals surface area contributed by atoms with Gasteiger partial charge in [0.25, 0.3) is 0 Å². The molecule has 0 fully saturated rings. The molecule has 0 aliphatic carbocycles. The average molecular weight is 213 g/mol. The summed E-state index contributed by atoms with van der Waals surface area (Å²) in [5.41, 5.74) is 0. The highest BCUT2D eigenvalue weighted by atomic mass is 32.1. The van der Waals surface area contributed by atoms with Gasteiger partial charge < -0.3 is 10.1 Å². The van der Waals surface area contributed by atoms with E-state index in [1.807, 2.05) is 25.3 Å². The molecule has 0 amide bonds. The Bertz CT molecular complexity index is 223. The van der Waals surface area contributed by atoms with Gasteiger partial charge in [0.1, 0.15) is 0 Å². The highest BCUT2D eigenvalue weighted by molar-refractivity contribution is 7.10. The number of hydrogen-bond acceptors (Lipinski definition) is 3. The summed E-state index contributed by atoms with van der Waals surface area (Å²) in [7, 11) is 2.02. The number of ether oxygens (including phenoxy) is 1. The molecule has 2 nitrogen and oxygen atoms in total. The van der Waals surface area contributed by atoms with Crippen molar-refractivity contribution in [2.75, 3.05) is 20.3 Å². The summed E-state index contributed by atoms with van der Waals surface area (Å²) in [5.74, 6) is 0. The van der Waals surface area contributed by atoms with Crippen molar-refractivity contribution >= 4 is 11.3 Å². The summed E-state index contributed by atoms with van der Waals surface area (Å²) in [4.78, 5) is 1.42. The van der Waals surface area contributed by atoms with E-state index in [9.17, 15) is 0 Å². The van der Waals surface area contributed by atoms with E-state index in [-0.39, 0.29) is 0 Å². The first-order valence-corrected chi connectivity index (χ1v) is 6.04. The summed E-state index contributed by atoms with van der Waals surface area (Å²) in [5, 5.41) is 5.46. The second-order valence-corrected chi connectivity index (χ2v) is 4.18. The largest absolute Gasteiger partial charge is 0.382 e. The van der Waals surface area contributed by atoms with Gasteiger partial charge in [0, 0.05) is 24.1 Å². The lowest BCUT2D eigenvalue weighted by Gasteiger charge is -2.13. The number of rotatable bonds is 7. The molecule has 0 aromatic carbocycles. The Morgan fingerprint density at radius 3 is 3.00 bits per heavy atom. The first kappa shape index (κ1) is 11.7. The van der Waals surface area contributed by atoms with Crippen molar-refractivity contribution in [2.24, 2.45) is 0 Å². The van der Waals surface area contributed by atoms with Crippen molar-refractivity contribution in [2.45, 2.75) is 25.8 Å². The van der Waals surface area contributed by atoms with E-state index in [0.29, 0.717) is 6.04 Å². The molecule has 0 saturated heterocycles. The van der Waals surface area contributed by atoms with Crippen LogP contribution in [0.4, 0.5) is 0 Å². The van der Waals surface area contributed by atoms with Gasteiger partial charge in [-0.3, -0.25) is 0 Å². The molecule has 1 unspecified atom stereocenters. The Morgan fingerprint density at radius 1 is 1.57 bits per heavy atom. The van der Waals surface area contributed by atoms with Gasteiger partial charge in [-0.1, -0.05) is 6.07 Å². The van der Waals surface area contributed by atoms with Crippen molar-refractivity contribution in [1.29, 1.82) is 0 Å². The Labute approximate surface area is 90.3 Å². The minimum Gasteiger partial charge on any atom is -0.382 e. The number of thiophene rings is 1. The summed E-state index contributed by atoms with van der Waals surface area (Å²) in [6.07, 6.45) is 2.27. The summed E-state index contributed by atoms with van der Waals surface area (Å²) >= 11 is 1.82. The first-order valence-electron chi connectivity index (χ1n) is 5.17. The lowest BCUT2D eigenvalue weighted by molar-refractivity contribution is 0.141. The zero-order valence-corrected chi connectivity index (χ0v) is 9.77. The fourth-order valence-electron chi connectivity index (χ4n) is 1.45. The van der Waals surface area contributed by atoms with Gasteiger partial charge in [0.15, 0.2) is 0 Å². The smallest absolute Gasteiger partial charge is 0.0466 e. The molecule has 0 spiro atoms. The Balaban J connectivity index is 2.26. The van der Waals surface area contributed by atoms with Gasteiger partial charge in [-0.25, -0.2) is 0 Å². The molecular weight excluding hydrogens is 194 g/mol. The lowest BCUT2D eigenvalue weighted by Crippen LogP contribution is -2.15. The normalized spacial score (nSPS) is 13.0. The molecule has 0 radical (unpaired) electrons. The van der Waals surface area contributed by atoms with Crippen molar-refractivity contribution in [3.8, 4) is 0 Å². The quantitative estimate of drug-likeness (QED) is 0.703. The van der Waals surface area contributed by atoms with Crippen LogP contribution in [-0.2, 0) is 4.74 Å². The van der Waals surface area contributed by atoms with Crippen LogP contribution in [0.3, 0.4) is 0 Å². The maximum absolute atomic E-state index is 5.32. The number of nitrogens with one attached hydrogen (secondary N) is 1. The van der Waals surface area contributed by atoms with Gasteiger partial charge in [0.2, 0.25) is 0 Å². The highest BCUT2D eigenvalue weighted by Gasteiger charge is 2.08. The summed E-state index contributed by atoms with van der Waals surface area (Å²) in [6, 6.07) is 4.79. The van der Waals surface area contributed by atoms with E-state index in [0.717, 1.165) is 26.1 Å². The van der Waals surface area contributed by atoms with E-state index >= 15 is 0 Å². The van der Waals surface area contributed by atoms with Crippen LogP contribution in [0.15, 0.2) is 17.5 Å². The maximum atomic E-state index is 5.32. The molecule has 0 bridgehead atoms. The van der Waals surface area contributed by atoms with Crippen LogP contribution in [0.5, 0.6) is 0 Å². The van der Waals surface area contributed by atoms with Crippen LogP contribution >= 0.6 is 11.3 Å². The minimum absolute atomic E-state index is 0.496. The lowest BCUT2D eigenvalue weighted by atomic mass is 10.1. The van der Waals surface area contributed by atoms with Crippen LogP contribution in [-0.4, -0.2) is 20.3 Å². The predicted octanol–water partition coefficient (Wildman–Crippen LogP) is 2.83. The standard InChI is InChI=1S/C11H19NOS/c1-3-13-8-4-6-10(12-2)11-7-5-9-14-11/h5,7,9-10,12H,3-4,6,8H2,1-2H3. The monoisotopic (exact) mass is 213 g/mol. The van der Waals surface area contributed by atoms with Crippen LogP contribution in [0.25, 0.3) is 0 Å². The van der Waals surface area contributed by atoms with Crippen molar-refractivity contribution in [3.05, 3.63) is 22.4 Å². The Morgan fingerprint density at radius 2 is 2.43 bits per heavy atom. The van der Waals surface area contributed by atoms with Crippen LogP contribution < -0.4 is 5.32 Å². The summed E-state index contributed by atoms with van der Waals surface area (Å²) in [6.45, 7) is 3.73. The Hall–Kier alpha value is -0.380. The van der Waals surface area contributed by atoms with Crippen molar-refractivity contribution in [1.82, 2.24) is 5.32 Å². The van der Waals surface area contributed by atoms with Gasteiger partial charge in [-0.15, -0.1) is 11.3 Å². The predicted molar refractivity (Wildman–Crippen MR) is 61.8 cm³/mol. The second kappa shape index (κ2) is 6.98. The van der Waals surface area contributed by atoms with E-state index in [1.54, 1.807) is 0 Å². The summed E-state index contributed by atoms with van der Waals surface area (Å²) < 4.78 is 5.32. The Kier molecular flexibility index (Phi) is 5.83. The van der Waals surface area contributed by atoms with E-state index in [1.165, 1.54) is 4.88 Å². The molecule has 1 aromatic heterocycles. The molecule has 1 atom stereocenters. The molecule has 14 heavy (non-hydrogen) atoms. The molecule has 80 valence electrons. The minimum atomic E-state index is 0.496. The third-order valence-electron chi connectivity index (χ3n) is 2.22. The van der Waals surface area contributed by atoms with Gasteiger partial charge in [-0.2, -0.15) is 0 Å². The fraction of sp³-hybridized carbons (Fsp3) is 0.636. The zero-order chi connectivity index (χ0) is 10.2. The molecule has 0 aliphatic heterocycles. The average Bonchev–Trinajstić information content (AvgIpc) is 2.71. The molecule has 0 saturated carbocycles. The molecular formula is C11H19NOS. The molecule has 1 heterocycles. The van der Waals surface area contributed by atoms with Gasteiger partial charge in [0.05, 0.1) is 0 Å². The second-order valence-electron chi connectivity index (χ2n) is 3.20. The highest BCUT2D eigenvalue weighted by Crippen LogP contribution is 2.22. The van der Waals surface area contributed by atoms with Gasteiger partial charge >= 0.3 is 0 Å².